The first-order valence-corrected chi connectivity index (χ1v) is 7.25. The molecular weight excluding hydrogens is 297 g/mol. The molecule has 0 fully saturated rings. The number of rotatable bonds is 4. The molecule has 0 aliphatic heterocycles. The van der Waals surface area contributed by atoms with Gasteiger partial charge in [0.1, 0.15) is 5.82 Å². The van der Waals surface area contributed by atoms with Crippen LogP contribution in [0.5, 0.6) is 0 Å². The van der Waals surface area contributed by atoms with Gasteiger partial charge in [0.2, 0.25) is 5.91 Å². The van der Waals surface area contributed by atoms with Gasteiger partial charge in [-0.15, -0.1) is 0 Å². The molecule has 0 radical (unpaired) electrons. The van der Waals surface area contributed by atoms with Crippen molar-refractivity contribution in [3.05, 3.63) is 71.5 Å². The molecule has 0 heterocycles. The zero-order chi connectivity index (χ0) is 17.5. The number of nitrogens with one attached hydrogen (secondary N) is 1. The van der Waals surface area contributed by atoms with Crippen molar-refractivity contribution >= 4 is 5.91 Å². The minimum absolute atomic E-state index is 0.262. The minimum atomic E-state index is -0.396. The minimum Gasteiger partial charge on any atom is -0.400 e. The summed E-state index contributed by atoms with van der Waals surface area (Å²) in [6, 6.07) is 16.4. The van der Waals surface area contributed by atoms with E-state index in [2.05, 4.69) is 19.1 Å². The standard InChI is InChI=1S/C10H12FNO2.C7H8.CH4O/c11-9-6-4-8(5-7-9)2-1-3-10(13)12-14;1-7-5-3-2-4-6-7;1-2/h4-7,14H,1-3H2,(H,12,13);2-6H,1H3;2H,1H3. The third kappa shape index (κ3) is 11.0. The summed E-state index contributed by atoms with van der Waals surface area (Å²) in [6.07, 6.45) is 1.61. The lowest BCUT2D eigenvalue weighted by Gasteiger charge is -2.00. The molecule has 0 saturated heterocycles. The number of hydrogen-bond acceptors (Lipinski definition) is 3. The van der Waals surface area contributed by atoms with Crippen molar-refractivity contribution in [3.8, 4) is 0 Å². The highest BCUT2D eigenvalue weighted by atomic mass is 19.1. The summed E-state index contributed by atoms with van der Waals surface area (Å²) < 4.78 is 12.5. The molecule has 2 rings (SSSR count). The van der Waals surface area contributed by atoms with Gasteiger partial charge < -0.3 is 5.11 Å². The second-order valence-electron chi connectivity index (χ2n) is 4.67. The van der Waals surface area contributed by atoms with E-state index in [1.807, 2.05) is 18.2 Å². The summed E-state index contributed by atoms with van der Waals surface area (Å²) in [5, 5.41) is 15.2. The van der Waals surface area contributed by atoms with Gasteiger partial charge in [0.15, 0.2) is 0 Å². The fraction of sp³-hybridized carbons (Fsp3) is 0.278. The Kier molecular flexibility index (Phi) is 12.1. The lowest BCUT2D eigenvalue weighted by molar-refractivity contribution is -0.129. The maximum Gasteiger partial charge on any atom is 0.243 e. The number of benzene rings is 2. The molecule has 126 valence electrons. The van der Waals surface area contributed by atoms with E-state index in [0.717, 1.165) is 12.7 Å². The molecule has 2 aromatic carbocycles. The van der Waals surface area contributed by atoms with Crippen molar-refractivity contribution < 1.29 is 19.5 Å². The Morgan fingerprint density at radius 2 is 1.61 bits per heavy atom. The van der Waals surface area contributed by atoms with Crippen LogP contribution < -0.4 is 5.48 Å². The van der Waals surface area contributed by atoms with Crippen molar-refractivity contribution in [2.24, 2.45) is 0 Å². The van der Waals surface area contributed by atoms with E-state index in [4.69, 9.17) is 10.3 Å². The molecule has 0 unspecified atom stereocenters. The normalized spacial score (nSPS) is 8.91. The van der Waals surface area contributed by atoms with Gasteiger partial charge in [-0.2, -0.15) is 0 Å². The monoisotopic (exact) mass is 321 g/mol. The van der Waals surface area contributed by atoms with Gasteiger partial charge in [0, 0.05) is 13.5 Å². The average molecular weight is 321 g/mol. The highest BCUT2D eigenvalue weighted by Crippen LogP contribution is 2.06. The first-order chi connectivity index (χ1) is 11.1. The number of carbonyl (C=O) groups is 1. The molecule has 5 heteroatoms. The van der Waals surface area contributed by atoms with Crippen molar-refractivity contribution in [1.29, 1.82) is 0 Å². The van der Waals surface area contributed by atoms with Crippen LogP contribution in [0, 0.1) is 12.7 Å². The maximum absolute atomic E-state index is 12.5. The topological polar surface area (TPSA) is 69.6 Å². The van der Waals surface area contributed by atoms with E-state index in [1.165, 1.54) is 17.7 Å². The van der Waals surface area contributed by atoms with Crippen LogP contribution >= 0.6 is 0 Å². The number of amides is 1. The maximum atomic E-state index is 12.5. The van der Waals surface area contributed by atoms with E-state index in [1.54, 1.807) is 17.6 Å². The highest BCUT2D eigenvalue weighted by Gasteiger charge is 1.99. The summed E-state index contributed by atoms with van der Waals surface area (Å²) in [5.41, 5.74) is 3.87. The van der Waals surface area contributed by atoms with Crippen molar-refractivity contribution in [2.45, 2.75) is 26.2 Å². The molecule has 4 nitrogen and oxygen atoms in total. The van der Waals surface area contributed by atoms with Crippen LogP contribution in [0.2, 0.25) is 0 Å². The average Bonchev–Trinajstić information content (AvgIpc) is 2.59. The van der Waals surface area contributed by atoms with E-state index in [-0.39, 0.29) is 12.2 Å². The zero-order valence-corrected chi connectivity index (χ0v) is 13.5. The fourth-order valence-corrected chi connectivity index (χ4v) is 1.69. The summed E-state index contributed by atoms with van der Waals surface area (Å²) in [6.45, 7) is 2.08. The van der Waals surface area contributed by atoms with Crippen LogP contribution in [0.15, 0.2) is 54.6 Å². The van der Waals surface area contributed by atoms with Crippen LogP contribution in [0.25, 0.3) is 0 Å². The number of aliphatic hydroxyl groups is 1. The lowest BCUT2D eigenvalue weighted by atomic mass is 10.1. The second-order valence-corrected chi connectivity index (χ2v) is 4.67. The number of hydroxylamine groups is 1. The molecule has 0 aromatic heterocycles. The Balaban J connectivity index is 0.000000449. The quantitative estimate of drug-likeness (QED) is 0.598. The predicted molar refractivity (Wildman–Crippen MR) is 88.6 cm³/mol. The third-order valence-corrected chi connectivity index (χ3v) is 2.85. The van der Waals surface area contributed by atoms with E-state index in [0.29, 0.717) is 12.8 Å². The van der Waals surface area contributed by atoms with Gasteiger partial charge in [-0.1, -0.05) is 48.0 Å². The summed E-state index contributed by atoms with van der Waals surface area (Å²) in [4.78, 5) is 10.6. The Hall–Kier alpha value is -2.24. The molecule has 0 bridgehead atoms. The largest absolute Gasteiger partial charge is 0.400 e. The number of halogens is 1. The first-order valence-electron chi connectivity index (χ1n) is 7.25. The molecular formula is C18H24FNO3. The predicted octanol–water partition coefficient (Wildman–Crippen LogP) is 3.26. The van der Waals surface area contributed by atoms with Gasteiger partial charge in [0.25, 0.3) is 0 Å². The molecule has 0 spiro atoms. The molecule has 0 aliphatic rings. The molecule has 2 aromatic rings. The second kappa shape index (κ2) is 13.4. The number of carbonyl (C=O) groups excluding carboxylic acids is 1. The van der Waals surface area contributed by atoms with E-state index >= 15 is 0 Å². The summed E-state index contributed by atoms with van der Waals surface area (Å²) >= 11 is 0. The highest BCUT2D eigenvalue weighted by molar-refractivity contribution is 5.74. The summed E-state index contributed by atoms with van der Waals surface area (Å²) in [5.74, 6) is -0.658. The Morgan fingerprint density at radius 1 is 1.04 bits per heavy atom. The van der Waals surface area contributed by atoms with Gasteiger partial charge in [0.05, 0.1) is 0 Å². The smallest absolute Gasteiger partial charge is 0.243 e. The van der Waals surface area contributed by atoms with Crippen LogP contribution in [-0.2, 0) is 11.2 Å². The van der Waals surface area contributed by atoms with Gasteiger partial charge in [-0.25, -0.2) is 9.87 Å². The van der Waals surface area contributed by atoms with Gasteiger partial charge >= 0.3 is 0 Å². The van der Waals surface area contributed by atoms with Crippen LogP contribution in [0.4, 0.5) is 4.39 Å². The fourth-order valence-electron chi connectivity index (χ4n) is 1.69. The Bertz CT molecular complexity index is 530. The van der Waals surface area contributed by atoms with E-state index in [9.17, 15) is 9.18 Å². The number of aryl methyl sites for hydroxylation is 2. The first kappa shape index (κ1) is 20.8. The van der Waals surface area contributed by atoms with Crippen LogP contribution in [-0.4, -0.2) is 23.3 Å². The van der Waals surface area contributed by atoms with Gasteiger partial charge in [-0.05, 0) is 37.5 Å². The molecule has 3 N–H and O–H groups in total. The van der Waals surface area contributed by atoms with E-state index < -0.39 is 5.91 Å². The van der Waals surface area contributed by atoms with Crippen LogP contribution in [0.1, 0.15) is 24.0 Å². The van der Waals surface area contributed by atoms with Crippen molar-refractivity contribution in [2.75, 3.05) is 7.11 Å². The number of aliphatic hydroxyl groups excluding tert-OH is 1. The molecule has 0 atom stereocenters. The molecule has 1 amide bonds. The van der Waals surface area contributed by atoms with Crippen molar-refractivity contribution in [1.82, 2.24) is 5.48 Å². The Labute approximate surface area is 136 Å². The molecule has 23 heavy (non-hydrogen) atoms. The van der Waals surface area contributed by atoms with Gasteiger partial charge in [-0.3, -0.25) is 10.0 Å². The summed E-state index contributed by atoms with van der Waals surface area (Å²) in [7, 11) is 1.00. The Morgan fingerprint density at radius 3 is 2.04 bits per heavy atom. The number of hydrogen-bond donors (Lipinski definition) is 3. The molecule has 0 aliphatic carbocycles. The van der Waals surface area contributed by atoms with Crippen molar-refractivity contribution in [3.63, 3.8) is 0 Å². The zero-order valence-electron chi connectivity index (χ0n) is 13.5. The third-order valence-electron chi connectivity index (χ3n) is 2.85. The SMILES string of the molecule is CO.Cc1ccccc1.O=C(CCCc1ccc(F)cc1)NO. The molecule has 0 saturated carbocycles. The van der Waals surface area contributed by atoms with Crippen LogP contribution in [0.3, 0.4) is 0 Å². The lowest BCUT2D eigenvalue weighted by Crippen LogP contribution is -2.18.